The van der Waals surface area contributed by atoms with Crippen LogP contribution in [0.25, 0.3) is 11.1 Å². The highest BCUT2D eigenvalue weighted by Gasteiger charge is 2.21. The Labute approximate surface area is 192 Å². The van der Waals surface area contributed by atoms with Crippen LogP contribution >= 0.6 is 23.2 Å². The van der Waals surface area contributed by atoms with Gasteiger partial charge in [0.25, 0.3) is 0 Å². The van der Waals surface area contributed by atoms with E-state index in [1.165, 1.54) is 11.3 Å². The summed E-state index contributed by atoms with van der Waals surface area (Å²) in [6.07, 6.45) is 2.40. The van der Waals surface area contributed by atoms with Crippen LogP contribution in [0.3, 0.4) is 0 Å². The minimum absolute atomic E-state index is 0.0808. The van der Waals surface area contributed by atoms with Crippen LogP contribution in [0, 0.1) is 11.3 Å². The molecule has 0 aromatic heterocycles. The molecule has 1 aliphatic heterocycles. The van der Waals surface area contributed by atoms with Gasteiger partial charge in [-0.1, -0.05) is 59.6 Å². The molecule has 0 spiro atoms. The Kier molecular flexibility index (Phi) is 6.61. The van der Waals surface area contributed by atoms with E-state index in [0.717, 1.165) is 36.2 Å². The zero-order valence-electron chi connectivity index (χ0n) is 17.1. The maximum Gasteiger partial charge on any atom is 0.162 e. The van der Waals surface area contributed by atoms with Crippen molar-refractivity contribution in [2.75, 3.05) is 11.4 Å². The Hall–Kier alpha value is -2.80. The summed E-state index contributed by atoms with van der Waals surface area (Å²) in [5.41, 5.74) is 6.37. The zero-order chi connectivity index (χ0) is 21.8. The summed E-state index contributed by atoms with van der Waals surface area (Å²) in [4.78, 5) is 14.8. The molecule has 0 fully saturated rings. The van der Waals surface area contributed by atoms with Gasteiger partial charge in [-0.25, -0.2) is 0 Å². The number of ketones is 1. The maximum atomic E-state index is 12.5. The molecule has 0 N–H and O–H groups in total. The molecule has 0 unspecified atom stereocenters. The van der Waals surface area contributed by atoms with Crippen molar-refractivity contribution in [3.63, 3.8) is 0 Å². The predicted molar refractivity (Wildman–Crippen MR) is 127 cm³/mol. The number of hydrogen-bond acceptors (Lipinski definition) is 3. The molecule has 5 heteroatoms. The van der Waals surface area contributed by atoms with E-state index < -0.39 is 0 Å². The summed E-state index contributed by atoms with van der Waals surface area (Å²) in [5.74, 6) is 0.0808. The van der Waals surface area contributed by atoms with Crippen LogP contribution in [0.1, 0.15) is 40.7 Å². The third kappa shape index (κ3) is 4.93. The van der Waals surface area contributed by atoms with E-state index in [-0.39, 0.29) is 5.78 Å². The molecule has 0 amide bonds. The summed E-state index contributed by atoms with van der Waals surface area (Å²) in [6.45, 7) is 1.67. The first-order valence-corrected chi connectivity index (χ1v) is 11.1. The first-order chi connectivity index (χ1) is 15.0. The number of rotatable bonds is 7. The fourth-order valence-corrected chi connectivity index (χ4v) is 4.46. The van der Waals surface area contributed by atoms with Gasteiger partial charge in [-0.15, -0.1) is 0 Å². The summed E-state index contributed by atoms with van der Waals surface area (Å²) in [5, 5.41) is 10.0. The minimum Gasteiger partial charge on any atom is -0.367 e. The first-order valence-electron chi connectivity index (χ1n) is 10.4. The summed E-state index contributed by atoms with van der Waals surface area (Å²) < 4.78 is 0. The van der Waals surface area contributed by atoms with Gasteiger partial charge in [0.05, 0.1) is 6.07 Å². The normalized spacial score (nSPS) is 12.5. The van der Waals surface area contributed by atoms with Gasteiger partial charge in [-0.2, -0.15) is 5.26 Å². The SMILES string of the molecule is N#CCCCC(=O)c1cccc(-c2ccc3c(c2)N(Cc2ccc(Cl)cc2Cl)CC3)c1. The molecule has 1 aliphatic rings. The predicted octanol–water partition coefficient (Wildman–Crippen LogP) is 7.10. The lowest BCUT2D eigenvalue weighted by atomic mass is 9.98. The highest BCUT2D eigenvalue weighted by molar-refractivity contribution is 6.35. The quantitative estimate of drug-likeness (QED) is 0.285. The molecule has 3 nitrogen and oxygen atoms in total. The number of nitrogens with zero attached hydrogens (tertiary/aromatic N) is 2. The van der Waals surface area contributed by atoms with Gasteiger partial charge in [0.15, 0.2) is 5.78 Å². The van der Waals surface area contributed by atoms with Crippen molar-refractivity contribution in [1.29, 1.82) is 5.26 Å². The highest BCUT2D eigenvalue weighted by Crippen LogP contribution is 2.35. The van der Waals surface area contributed by atoms with E-state index in [4.69, 9.17) is 28.5 Å². The Bertz CT molecular complexity index is 1170. The molecule has 3 aromatic rings. The van der Waals surface area contributed by atoms with E-state index in [9.17, 15) is 4.79 Å². The largest absolute Gasteiger partial charge is 0.367 e. The summed E-state index contributed by atoms with van der Waals surface area (Å²) >= 11 is 12.4. The van der Waals surface area contributed by atoms with Gasteiger partial charge in [0.2, 0.25) is 0 Å². The lowest BCUT2D eigenvalue weighted by Crippen LogP contribution is -2.19. The monoisotopic (exact) mass is 448 g/mol. The molecule has 3 aromatic carbocycles. The average molecular weight is 449 g/mol. The number of unbranched alkanes of at least 4 members (excludes halogenated alkanes) is 1. The number of benzene rings is 3. The molecular weight excluding hydrogens is 427 g/mol. The van der Waals surface area contributed by atoms with Crippen molar-refractivity contribution in [1.82, 2.24) is 0 Å². The Morgan fingerprint density at radius 3 is 2.68 bits per heavy atom. The number of carbonyl (C=O) groups excluding carboxylic acids is 1. The minimum atomic E-state index is 0.0808. The molecule has 0 saturated heterocycles. The number of Topliss-reactive ketones (excluding diaryl/α,β-unsaturated/α-hetero) is 1. The van der Waals surface area contributed by atoms with Crippen molar-refractivity contribution in [2.45, 2.75) is 32.2 Å². The van der Waals surface area contributed by atoms with E-state index in [0.29, 0.717) is 34.9 Å². The molecule has 1 heterocycles. The van der Waals surface area contributed by atoms with Crippen LogP contribution in [-0.4, -0.2) is 12.3 Å². The third-order valence-electron chi connectivity index (χ3n) is 5.66. The van der Waals surface area contributed by atoms with Crippen molar-refractivity contribution in [3.8, 4) is 17.2 Å². The Balaban J connectivity index is 1.57. The number of anilines is 1. The van der Waals surface area contributed by atoms with Crippen LogP contribution in [0.15, 0.2) is 60.7 Å². The topological polar surface area (TPSA) is 44.1 Å². The fourth-order valence-electron chi connectivity index (χ4n) is 3.99. The van der Waals surface area contributed by atoms with Crippen molar-refractivity contribution in [2.24, 2.45) is 0 Å². The van der Waals surface area contributed by atoms with Gasteiger partial charge in [-0.3, -0.25) is 4.79 Å². The highest BCUT2D eigenvalue weighted by atomic mass is 35.5. The van der Waals surface area contributed by atoms with Crippen LogP contribution in [0.4, 0.5) is 5.69 Å². The van der Waals surface area contributed by atoms with E-state index in [1.54, 1.807) is 6.07 Å². The number of fused-ring (bicyclic) bond motifs is 1. The average Bonchev–Trinajstić information content (AvgIpc) is 3.18. The summed E-state index contributed by atoms with van der Waals surface area (Å²) in [7, 11) is 0. The second-order valence-corrected chi connectivity index (χ2v) is 8.61. The molecule has 4 rings (SSSR count). The molecule has 156 valence electrons. The number of halogens is 2. The molecular formula is C26H22Cl2N2O. The summed E-state index contributed by atoms with van der Waals surface area (Å²) in [6, 6.07) is 22.0. The molecule has 31 heavy (non-hydrogen) atoms. The van der Waals surface area contributed by atoms with Crippen molar-refractivity contribution in [3.05, 3.63) is 87.4 Å². The van der Waals surface area contributed by atoms with Crippen LogP contribution < -0.4 is 4.90 Å². The van der Waals surface area contributed by atoms with Crippen molar-refractivity contribution < 1.29 is 4.79 Å². The molecule has 0 bridgehead atoms. The van der Waals surface area contributed by atoms with Crippen molar-refractivity contribution >= 4 is 34.7 Å². The third-order valence-corrected chi connectivity index (χ3v) is 6.25. The van der Waals surface area contributed by atoms with Gasteiger partial charge < -0.3 is 4.90 Å². The number of hydrogen-bond donors (Lipinski definition) is 0. The Morgan fingerprint density at radius 1 is 1.03 bits per heavy atom. The second kappa shape index (κ2) is 9.56. The van der Waals surface area contributed by atoms with Gasteiger partial charge in [0.1, 0.15) is 0 Å². The Morgan fingerprint density at radius 2 is 1.87 bits per heavy atom. The lowest BCUT2D eigenvalue weighted by molar-refractivity contribution is 0.0980. The fraction of sp³-hybridized carbons (Fsp3) is 0.231. The maximum absolute atomic E-state index is 12.5. The smallest absolute Gasteiger partial charge is 0.162 e. The van der Waals surface area contributed by atoms with Gasteiger partial charge in [0, 0.05) is 47.2 Å². The molecule has 0 aliphatic carbocycles. The first kappa shape index (κ1) is 21.4. The standard InChI is InChI=1S/C26H22Cl2N2O/c27-23-10-9-22(24(28)16-23)17-30-13-11-18-7-8-20(15-25(18)30)19-4-3-5-21(14-19)26(31)6-1-2-12-29/h3-5,7-10,14-16H,1-2,6,11,13,17H2. The zero-order valence-corrected chi connectivity index (χ0v) is 18.6. The van der Waals surface area contributed by atoms with Crippen LogP contribution in [0.2, 0.25) is 10.0 Å². The molecule has 0 saturated carbocycles. The van der Waals surface area contributed by atoms with Crippen LogP contribution in [-0.2, 0) is 13.0 Å². The van der Waals surface area contributed by atoms with E-state index in [1.807, 2.05) is 36.4 Å². The van der Waals surface area contributed by atoms with Crippen LogP contribution in [0.5, 0.6) is 0 Å². The lowest BCUT2D eigenvalue weighted by Gasteiger charge is -2.21. The number of nitriles is 1. The van der Waals surface area contributed by atoms with Gasteiger partial charge >= 0.3 is 0 Å². The molecule has 0 atom stereocenters. The second-order valence-electron chi connectivity index (χ2n) is 7.77. The van der Waals surface area contributed by atoms with E-state index >= 15 is 0 Å². The van der Waals surface area contributed by atoms with E-state index in [2.05, 4.69) is 29.2 Å². The molecule has 0 radical (unpaired) electrons. The number of carbonyl (C=O) groups is 1. The van der Waals surface area contributed by atoms with Gasteiger partial charge in [-0.05, 0) is 59.4 Å².